The van der Waals surface area contributed by atoms with Crippen LogP contribution in [-0.2, 0) is 13.0 Å². The fraction of sp³-hybridized carbons (Fsp3) is 0.158. The van der Waals surface area contributed by atoms with Crippen LogP contribution in [0.15, 0.2) is 58.4 Å². The monoisotopic (exact) mass is 320 g/mol. The number of aromatic nitrogens is 1. The molecule has 0 saturated heterocycles. The van der Waals surface area contributed by atoms with Gasteiger partial charge in [0, 0.05) is 29.1 Å². The van der Waals surface area contributed by atoms with Crippen LogP contribution in [0.3, 0.4) is 0 Å². The Balaban J connectivity index is 1.84. The predicted molar refractivity (Wildman–Crippen MR) is 89.9 cm³/mol. The maximum atomic E-state index is 9.44. The molecular formula is C19H16N2O3. The molecule has 5 heteroatoms. The Kier molecular flexibility index (Phi) is 3.63. The second kappa shape index (κ2) is 5.94. The second-order valence-electron chi connectivity index (χ2n) is 5.77. The Morgan fingerprint density at radius 2 is 1.83 bits per heavy atom. The maximum absolute atomic E-state index is 9.44. The zero-order valence-electron chi connectivity index (χ0n) is 12.9. The highest BCUT2D eigenvalue weighted by molar-refractivity contribution is 6.04. The lowest BCUT2D eigenvalue weighted by Gasteiger charge is -2.06. The maximum Gasteiger partial charge on any atom is 0.142 e. The average Bonchev–Trinajstić information content (AvgIpc) is 3.25. The molecule has 0 aliphatic heterocycles. The van der Waals surface area contributed by atoms with E-state index < -0.39 is 0 Å². The lowest BCUT2D eigenvalue weighted by atomic mass is 9.98. The van der Waals surface area contributed by atoms with Crippen molar-refractivity contribution in [3.05, 3.63) is 65.7 Å². The van der Waals surface area contributed by atoms with Crippen LogP contribution in [0.25, 0.3) is 22.5 Å². The smallest absolute Gasteiger partial charge is 0.142 e. The van der Waals surface area contributed by atoms with Crippen LogP contribution in [0, 0.1) is 0 Å². The number of aliphatic hydroxyl groups is 1. The van der Waals surface area contributed by atoms with Gasteiger partial charge in [0.2, 0.25) is 0 Å². The number of pyridine rings is 1. The predicted octanol–water partition coefficient (Wildman–Crippen LogP) is 3.63. The fourth-order valence-corrected chi connectivity index (χ4v) is 3.19. The summed E-state index contributed by atoms with van der Waals surface area (Å²) in [6.45, 7) is -0.148. The van der Waals surface area contributed by atoms with E-state index in [9.17, 15) is 5.11 Å². The molecule has 24 heavy (non-hydrogen) atoms. The van der Waals surface area contributed by atoms with Gasteiger partial charge in [0.25, 0.3) is 0 Å². The highest BCUT2D eigenvalue weighted by Gasteiger charge is 2.21. The van der Waals surface area contributed by atoms with Gasteiger partial charge in [-0.1, -0.05) is 23.4 Å². The quantitative estimate of drug-likeness (QED) is 0.570. The summed E-state index contributed by atoms with van der Waals surface area (Å²) in [6, 6.07) is 11.7. The SMILES string of the molecule is OCc1cc(-c2ccc3c(c2)CC/C3=N/O)c(-c2ccncc2)o1. The molecule has 0 atom stereocenters. The average molecular weight is 320 g/mol. The van der Waals surface area contributed by atoms with E-state index in [1.54, 1.807) is 12.4 Å². The van der Waals surface area contributed by atoms with E-state index in [1.807, 2.05) is 30.3 Å². The van der Waals surface area contributed by atoms with Crippen LogP contribution in [-0.4, -0.2) is 21.0 Å². The Morgan fingerprint density at radius 3 is 2.58 bits per heavy atom. The summed E-state index contributed by atoms with van der Waals surface area (Å²) in [4.78, 5) is 4.04. The number of rotatable bonds is 3. The first-order valence-corrected chi connectivity index (χ1v) is 7.78. The molecule has 4 rings (SSSR count). The van der Waals surface area contributed by atoms with E-state index in [-0.39, 0.29) is 6.61 Å². The second-order valence-corrected chi connectivity index (χ2v) is 5.77. The summed E-state index contributed by atoms with van der Waals surface area (Å²) in [5.74, 6) is 1.24. The first-order chi connectivity index (χ1) is 11.8. The molecule has 2 heterocycles. The molecule has 0 unspecified atom stereocenters. The minimum absolute atomic E-state index is 0.148. The van der Waals surface area contributed by atoms with Crippen molar-refractivity contribution in [3.63, 3.8) is 0 Å². The van der Waals surface area contributed by atoms with E-state index in [0.717, 1.165) is 52.1 Å². The topological polar surface area (TPSA) is 78.9 Å². The molecule has 0 amide bonds. The summed E-state index contributed by atoms with van der Waals surface area (Å²) in [5.41, 5.74) is 5.75. The molecular weight excluding hydrogens is 304 g/mol. The van der Waals surface area contributed by atoms with E-state index in [0.29, 0.717) is 5.76 Å². The zero-order valence-corrected chi connectivity index (χ0v) is 12.9. The molecule has 0 spiro atoms. The summed E-state index contributed by atoms with van der Waals surface area (Å²) < 4.78 is 5.82. The van der Waals surface area contributed by atoms with Gasteiger partial charge in [-0.05, 0) is 42.2 Å². The van der Waals surface area contributed by atoms with Crippen molar-refractivity contribution in [2.75, 3.05) is 0 Å². The van der Waals surface area contributed by atoms with Crippen molar-refractivity contribution < 1.29 is 14.7 Å². The Morgan fingerprint density at radius 1 is 1.00 bits per heavy atom. The molecule has 2 aromatic heterocycles. The van der Waals surface area contributed by atoms with Gasteiger partial charge in [-0.3, -0.25) is 4.98 Å². The summed E-state index contributed by atoms with van der Waals surface area (Å²) in [6.07, 6.45) is 5.04. The van der Waals surface area contributed by atoms with E-state index >= 15 is 0 Å². The minimum atomic E-state index is -0.148. The van der Waals surface area contributed by atoms with Crippen molar-refractivity contribution in [1.29, 1.82) is 0 Å². The highest BCUT2D eigenvalue weighted by atomic mass is 16.4. The molecule has 0 bridgehead atoms. The highest BCUT2D eigenvalue weighted by Crippen LogP contribution is 2.37. The van der Waals surface area contributed by atoms with Gasteiger partial charge in [-0.2, -0.15) is 0 Å². The standard InChI is InChI=1S/C19H16N2O3/c22-11-15-10-17(19(24-15)12-5-7-20-8-6-12)14-1-3-16-13(9-14)2-4-18(16)21-23/h1,3,5-10,22-23H,2,4,11H2/b21-18-. The molecule has 1 aliphatic carbocycles. The largest absolute Gasteiger partial charge is 0.458 e. The van der Waals surface area contributed by atoms with Crippen LogP contribution in [0.1, 0.15) is 23.3 Å². The minimum Gasteiger partial charge on any atom is -0.458 e. The number of hydrogen-bond acceptors (Lipinski definition) is 5. The third kappa shape index (κ3) is 2.39. The van der Waals surface area contributed by atoms with E-state index in [1.165, 1.54) is 0 Å². The lowest BCUT2D eigenvalue weighted by molar-refractivity contribution is 0.248. The van der Waals surface area contributed by atoms with Gasteiger partial charge in [0.1, 0.15) is 18.1 Å². The summed E-state index contributed by atoms with van der Waals surface area (Å²) in [5, 5.41) is 21.9. The molecule has 2 N–H and O–H groups in total. The molecule has 0 radical (unpaired) electrons. The molecule has 120 valence electrons. The van der Waals surface area contributed by atoms with Crippen molar-refractivity contribution in [1.82, 2.24) is 4.98 Å². The first kappa shape index (κ1) is 14.7. The number of benzene rings is 1. The number of fused-ring (bicyclic) bond motifs is 1. The van der Waals surface area contributed by atoms with Crippen molar-refractivity contribution >= 4 is 5.71 Å². The Hall–Kier alpha value is -2.92. The molecule has 0 saturated carbocycles. The number of hydrogen-bond donors (Lipinski definition) is 2. The number of oxime groups is 1. The third-order valence-corrected chi connectivity index (χ3v) is 4.36. The van der Waals surface area contributed by atoms with Gasteiger partial charge in [0.15, 0.2) is 0 Å². The van der Waals surface area contributed by atoms with Crippen LogP contribution in [0.5, 0.6) is 0 Å². The molecule has 3 aromatic rings. The van der Waals surface area contributed by atoms with Crippen LogP contribution >= 0.6 is 0 Å². The Labute approximate surface area is 138 Å². The van der Waals surface area contributed by atoms with Crippen molar-refractivity contribution in [2.45, 2.75) is 19.4 Å². The van der Waals surface area contributed by atoms with Crippen LogP contribution in [0.4, 0.5) is 0 Å². The number of aryl methyl sites for hydroxylation is 1. The number of furan rings is 1. The lowest BCUT2D eigenvalue weighted by Crippen LogP contribution is -1.93. The number of aliphatic hydroxyl groups excluding tert-OH is 1. The van der Waals surface area contributed by atoms with Gasteiger partial charge in [-0.15, -0.1) is 0 Å². The Bertz CT molecular complexity index is 914. The fourth-order valence-electron chi connectivity index (χ4n) is 3.19. The molecule has 1 aromatic carbocycles. The van der Waals surface area contributed by atoms with E-state index in [2.05, 4.69) is 16.2 Å². The molecule has 1 aliphatic rings. The van der Waals surface area contributed by atoms with E-state index in [4.69, 9.17) is 9.62 Å². The van der Waals surface area contributed by atoms with Gasteiger partial charge < -0.3 is 14.7 Å². The number of nitrogens with zero attached hydrogens (tertiary/aromatic N) is 2. The first-order valence-electron chi connectivity index (χ1n) is 7.78. The summed E-state index contributed by atoms with van der Waals surface area (Å²) >= 11 is 0. The van der Waals surface area contributed by atoms with Gasteiger partial charge in [-0.25, -0.2) is 0 Å². The van der Waals surface area contributed by atoms with Crippen molar-refractivity contribution in [3.8, 4) is 22.5 Å². The van der Waals surface area contributed by atoms with Gasteiger partial charge >= 0.3 is 0 Å². The van der Waals surface area contributed by atoms with Gasteiger partial charge in [0.05, 0.1) is 5.71 Å². The molecule has 5 nitrogen and oxygen atoms in total. The van der Waals surface area contributed by atoms with Crippen LogP contribution < -0.4 is 0 Å². The van der Waals surface area contributed by atoms with Crippen molar-refractivity contribution in [2.24, 2.45) is 5.16 Å². The zero-order chi connectivity index (χ0) is 16.5. The van der Waals surface area contributed by atoms with Crippen LogP contribution in [0.2, 0.25) is 0 Å². The summed E-state index contributed by atoms with van der Waals surface area (Å²) in [7, 11) is 0. The molecule has 0 fully saturated rings. The third-order valence-electron chi connectivity index (χ3n) is 4.36. The normalized spacial score (nSPS) is 15.0.